The van der Waals surface area contributed by atoms with Gasteiger partial charge in [0.1, 0.15) is 0 Å². The first-order valence-corrected chi connectivity index (χ1v) is 6.48. The molecule has 104 valence electrons. The molecular weight excluding hydrogens is 248 g/mol. The molecule has 0 aromatic heterocycles. The van der Waals surface area contributed by atoms with Gasteiger partial charge in [-0.3, -0.25) is 0 Å². The van der Waals surface area contributed by atoms with Gasteiger partial charge in [-0.25, -0.2) is 0 Å². The summed E-state index contributed by atoms with van der Waals surface area (Å²) in [6, 6.07) is 11.3. The lowest BCUT2D eigenvalue weighted by atomic mass is 10.1. The van der Waals surface area contributed by atoms with Crippen molar-refractivity contribution < 1.29 is 0 Å². The molecule has 0 fully saturated rings. The lowest BCUT2D eigenvalue weighted by Gasteiger charge is -2.08. The summed E-state index contributed by atoms with van der Waals surface area (Å²) in [7, 11) is 0. The van der Waals surface area contributed by atoms with Gasteiger partial charge in [0.15, 0.2) is 0 Å². The summed E-state index contributed by atoms with van der Waals surface area (Å²) in [5.74, 6) is 0. The van der Waals surface area contributed by atoms with Gasteiger partial charge in [-0.1, -0.05) is 12.2 Å². The summed E-state index contributed by atoms with van der Waals surface area (Å²) in [5.41, 5.74) is 22.7. The van der Waals surface area contributed by atoms with Crippen molar-refractivity contribution in [2.75, 3.05) is 29.1 Å². The zero-order valence-electron chi connectivity index (χ0n) is 11.6. The quantitative estimate of drug-likeness (QED) is 0.642. The molecule has 2 aromatic rings. The maximum absolute atomic E-state index is 5.88. The Morgan fingerprint density at radius 2 is 1.70 bits per heavy atom. The van der Waals surface area contributed by atoms with Gasteiger partial charge in [0.25, 0.3) is 0 Å². The Balaban J connectivity index is 1.98. The molecule has 0 unspecified atom stereocenters. The van der Waals surface area contributed by atoms with Gasteiger partial charge in [0, 0.05) is 29.3 Å². The Labute approximate surface area is 119 Å². The lowest BCUT2D eigenvalue weighted by Crippen LogP contribution is -2.01. The van der Waals surface area contributed by atoms with Crippen LogP contribution in [0.25, 0.3) is 6.08 Å². The van der Waals surface area contributed by atoms with Crippen LogP contribution in [0.3, 0.4) is 0 Å². The van der Waals surface area contributed by atoms with Crippen LogP contribution in [0.15, 0.2) is 42.5 Å². The second-order valence-corrected chi connectivity index (χ2v) is 4.75. The lowest BCUT2D eigenvalue weighted by molar-refractivity contribution is 1.31. The molecule has 0 aliphatic rings. The zero-order chi connectivity index (χ0) is 14.5. The predicted octanol–water partition coefficient (Wildman–Crippen LogP) is 2.87. The molecule has 0 heterocycles. The summed E-state index contributed by atoms with van der Waals surface area (Å²) in [6.45, 7) is 2.73. The van der Waals surface area contributed by atoms with E-state index >= 15 is 0 Å². The Morgan fingerprint density at radius 1 is 1.00 bits per heavy atom. The molecule has 20 heavy (non-hydrogen) atoms. The van der Waals surface area contributed by atoms with E-state index in [1.54, 1.807) is 6.07 Å². The van der Waals surface area contributed by atoms with E-state index in [9.17, 15) is 0 Å². The number of nitrogens with one attached hydrogen (secondary N) is 1. The van der Waals surface area contributed by atoms with Crippen molar-refractivity contribution in [3.05, 3.63) is 53.6 Å². The van der Waals surface area contributed by atoms with Crippen molar-refractivity contribution in [3.8, 4) is 0 Å². The van der Waals surface area contributed by atoms with Crippen molar-refractivity contribution in [1.29, 1.82) is 0 Å². The van der Waals surface area contributed by atoms with E-state index in [2.05, 4.69) is 5.32 Å². The van der Waals surface area contributed by atoms with Crippen molar-refractivity contribution in [3.63, 3.8) is 0 Å². The number of aryl methyl sites for hydroxylation is 1. The third-order valence-corrected chi connectivity index (χ3v) is 3.07. The van der Waals surface area contributed by atoms with E-state index in [1.807, 2.05) is 49.4 Å². The molecule has 7 N–H and O–H groups in total. The topological polar surface area (TPSA) is 90.1 Å². The Bertz CT molecular complexity index is 632. The molecule has 0 atom stereocenters. The van der Waals surface area contributed by atoms with Gasteiger partial charge in [-0.05, 0) is 54.4 Å². The molecule has 0 saturated heterocycles. The highest BCUT2D eigenvalue weighted by Gasteiger charge is 1.97. The normalized spacial score (nSPS) is 10.8. The third kappa shape index (κ3) is 3.45. The number of hydrogen-bond donors (Lipinski definition) is 4. The van der Waals surface area contributed by atoms with Crippen LogP contribution in [0.5, 0.6) is 0 Å². The Kier molecular flexibility index (Phi) is 4.15. The summed E-state index contributed by atoms with van der Waals surface area (Å²) in [4.78, 5) is 0. The van der Waals surface area contributed by atoms with E-state index < -0.39 is 0 Å². The van der Waals surface area contributed by atoms with Crippen LogP contribution in [0, 0.1) is 6.92 Å². The molecule has 0 radical (unpaired) electrons. The minimum absolute atomic E-state index is 0.707. The van der Waals surface area contributed by atoms with Gasteiger partial charge >= 0.3 is 0 Å². The highest BCUT2D eigenvalue weighted by atomic mass is 14.9. The standard InChI is InChI=1S/C16H20N4/c1-11-9-13(17)5-7-16(11)20-8-2-3-12-10-14(18)4-6-15(12)19/h2-7,9-10,20H,8,17-19H2,1H3/b3-2+. The van der Waals surface area contributed by atoms with Crippen LogP contribution in [-0.4, -0.2) is 6.54 Å². The first kappa shape index (κ1) is 13.8. The number of benzene rings is 2. The molecule has 4 heteroatoms. The van der Waals surface area contributed by atoms with Crippen LogP contribution in [0.1, 0.15) is 11.1 Å². The summed E-state index contributed by atoms with van der Waals surface area (Å²) >= 11 is 0. The van der Waals surface area contributed by atoms with E-state index in [-0.39, 0.29) is 0 Å². The van der Waals surface area contributed by atoms with Crippen LogP contribution in [-0.2, 0) is 0 Å². The maximum atomic E-state index is 5.88. The van der Waals surface area contributed by atoms with Crippen LogP contribution in [0.4, 0.5) is 22.7 Å². The maximum Gasteiger partial charge on any atom is 0.0389 e. The Hall–Kier alpha value is -2.62. The molecule has 0 saturated carbocycles. The molecular formula is C16H20N4. The molecule has 0 bridgehead atoms. The van der Waals surface area contributed by atoms with Gasteiger partial charge < -0.3 is 22.5 Å². The third-order valence-electron chi connectivity index (χ3n) is 3.07. The van der Waals surface area contributed by atoms with Crippen molar-refractivity contribution in [1.82, 2.24) is 0 Å². The zero-order valence-corrected chi connectivity index (χ0v) is 11.6. The smallest absolute Gasteiger partial charge is 0.0389 e. The average molecular weight is 268 g/mol. The fourth-order valence-corrected chi connectivity index (χ4v) is 1.98. The van der Waals surface area contributed by atoms with E-state index in [0.717, 1.165) is 28.2 Å². The van der Waals surface area contributed by atoms with Crippen LogP contribution in [0.2, 0.25) is 0 Å². The minimum atomic E-state index is 0.707. The van der Waals surface area contributed by atoms with E-state index in [4.69, 9.17) is 17.2 Å². The molecule has 0 aliphatic heterocycles. The van der Waals surface area contributed by atoms with Gasteiger partial charge in [-0.15, -0.1) is 0 Å². The Morgan fingerprint density at radius 3 is 2.45 bits per heavy atom. The predicted molar refractivity (Wildman–Crippen MR) is 88.4 cm³/mol. The van der Waals surface area contributed by atoms with Gasteiger partial charge in [-0.2, -0.15) is 0 Å². The van der Waals surface area contributed by atoms with Gasteiger partial charge in [0.05, 0.1) is 0 Å². The summed E-state index contributed by atoms with van der Waals surface area (Å²) in [6.07, 6.45) is 3.98. The molecule has 4 nitrogen and oxygen atoms in total. The average Bonchev–Trinajstić information content (AvgIpc) is 2.40. The van der Waals surface area contributed by atoms with Crippen LogP contribution < -0.4 is 22.5 Å². The molecule has 2 aromatic carbocycles. The highest BCUT2D eigenvalue weighted by Crippen LogP contribution is 2.18. The summed E-state index contributed by atoms with van der Waals surface area (Å²) < 4.78 is 0. The molecule has 0 amide bonds. The van der Waals surface area contributed by atoms with E-state index in [1.165, 1.54) is 0 Å². The first-order chi connectivity index (χ1) is 9.56. The fourth-order valence-electron chi connectivity index (χ4n) is 1.98. The number of nitrogens with two attached hydrogens (primary N) is 3. The molecule has 0 spiro atoms. The minimum Gasteiger partial charge on any atom is -0.399 e. The molecule has 0 aliphatic carbocycles. The van der Waals surface area contributed by atoms with Gasteiger partial charge in [0.2, 0.25) is 0 Å². The number of anilines is 4. The highest BCUT2D eigenvalue weighted by molar-refractivity contribution is 5.68. The SMILES string of the molecule is Cc1cc(N)ccc1NC/C=C/c1cc(N)ccc1N. The van der Waals surface area contributed by atoms with Crippen molar-refractivity contribution >= 4 is 28.8 Å². The molecule has 2 rings (SSSR count). The van der Waals surface area contributed by atoms with Crippen LogP contribution >= 0.6 is 0 Å². The fraction of sp³-hybridized carbons (Fsp3) is 0.125. The first-order valence-electron chi connectivity index (χ1n) is 6.48. The monoisotopic (exact) mass is 268 g/mol. The largest absolute Gasteiger partial charge is 0.399 e. The van der Waals surface area contributed by atoms with E-state index in [0.29, 0.717) is 12.2 Å². The number of hydrogen-bond acceptors (Lipinski definition) is 4. The van der Waals surface area contributed by atoms with Crippen molar-refractivity contribution in [2.24, 2.45) is 0 Å². The second-order valence-electron chi connectivity index (χ2n) is 4.75. The number of nitrogen functional groups attached to an aromatic ring is 3. The summed E-state index contributed by atoms with van der Waals surface area (Å²) in [5, 5.41) is 3.33. The van der Waals surface area contributed by atoms with Crippen molar-refractivity contribution in [2.45, 2.75) is 6.92 Å². The number of rotatable bonds is 4. The second kappa shape index (κ2) is 6.02.